The zero-order valence-corrected chi connectivity index (χ0v) is 12.5. The average Bonchev–Trinajstić information content (AvgIpc) is 2.56. The second kappa shape index (κ2) is 5.43. The predicted molar refractivity (Wildman–Crippen MR) is 86.5 cm³/mol. The van der Waals surface area contributed by atoms with Crippen LogP contribution < -0.4 is 5.32 Å². The minimum Gasteiger partial charge on any atom is -0.370 e. The largest absolute Gasteiger partial charge is 0.370 e. The summed E-state index contributed by atoms with van der Waals surface area (Å²) in [5.41, 5.74) is 1.57. The van der Waals surface area contributed by atoms with Gasteiger partial charge < -0.3 is 10.1 Å². The first kappa shape index (κ1) is 13.3. The van der Waals surface area contributed by atoms with Crippen molar-refractivity contribution in [3.05, 3.63) is 48.0 Å². The van der Waals surface area contributed by atoms with Crippen LogP contribution in [0.3, 0.4) is 0 Å². The summed E-state index contributed by atoms with van der Waals surface area (Å²) in [6.45, 7) is 1.81. The third-order valence-electron chi connectivity index (χ3n) is 5.18. The maximum atomic E-state index is 6.24. The van der Waals surface area contributed by atoms with E-state index in [9.17, 15) is 0 Å². The summed E-state index contributed by atoms with van der Waals surface area (Å²) >= 11 is 0. The summed E-state index contributed by atoms with van der Waals surface area (Å²) in [6, 6.07) is 15.2. The smallest absolute Gasteiger partial charge is 0.0950 e. The lowest BCUT2D eigenvalue weighted by Gasteiger charge is -2.43. The molecule has 2 aliphatic rings. The standard InChI is InChI=1S/C19H23NO/c1-4-10-19(11-5-1)14-21-18(13-20-19)17-9-8-15-6-2-3-7-16(15)12-17/h2-3,6-9,12,18,20H,1,4-5,10-11,13-14H2. The molecule has 0 radical (unpaired) electrons. The molecule has 1 aliphatic carbocycles. The molecule has 1 saturated carbocycles. The summed E-state index contributed by atoms with van der Waals surface area (Å²) in [7, 11) is 0. The third kappa shape index (κ3) is 2.58. The number of hydrogen-bond donors (Lipinski definition) is 1. The van der Waals surface area contributed by atoms with Crippen molar-refractivity contribution >= 4 is 10.8 Å². The summed E-state index contributed by atoms with van der Waals surface area (Å²) in [5.74, 6) is 0. The molecule has 1 spiro atoms. The van der Waals surface area contributed by atoms with Crippen molar-refractivity contribution in [2.75, 3.05) is 13.2 Å². The Labute approximate surface area is 126 Å². The number of hydrogen-bond acceptors (Lipinski definition) is 2. The molecule has 2 heteroatoms. The Kier molecular flexibility index (Phi) is 3.44. The Morgan fingerprint density at radius 3 is 2.52 bits per heavy atom. The van der Waals surface area contributed by atoms with E-state index >= 15 is 0 Å². The fraction of sp³-hybridized carbons (Fsp3) is 0.474. The summed E-state index contributed by atoms with van der Waals surface area (Å²) < 4.78 is 6.24. The van der Waals surface area contributed by atoms with E-state index in [-0.39, 0.29) is 11.6 Å². The molecule has 0 amide bonds. The van der Waals surface area contributed by atoms with E-state index in [0.29, 0.717) is 0 Å². The Balaban J connectivity index is 1.51. The Morgan fingerprint density at radius 2 is 1.76 bits per heavy atom. The molecular weight excluding hydrogens is 258 g/mol. The van der Waals surface area contributed by atoms with Crippen LogP contribution in [0.2, 0.25) is 0 Å². The molecule has 1 N–H and O–H groups in total. The van der Waals surface area contributed by atoms with E-state index in [0.717, 1.165) is 13.2 Å². The lowest BCUT2D eigenvalue weighted by molar-refractivity contribution is -0.0466. The Hall–Kier alpha value is -1.38. The second-order valence-electron chi connectivity index (χ2n) is 6.63. The number of fused-ring (bicyclic) bond motifs is 1. The first-order chi connectivity index (χ1) is 10.3. The van der Waals surface area contributed by atoms with E-state index < -0.39 is 0 Å². The average molecular weight is 281 g/mol. The van der Waals surface area contributed by atoms with E-state index in [2.05, 4.69) is 47.8 Å². The van der Waals surface area contributed by atoms with E-state index in [4.69, 9.17) is 4.74 Å². The maximum absolute atomic E-state index is 6.24. The highest BCUT2D eigenvalue weighted by atomic mass is 16.5. The molecule has 110 valence electrons. The fourth-order valence-electron chi connectivity index (χ4n) is 3.85. The van der Waals surface area contributed by atoms with Gasteiger partial charge in [0.1, 0.15) is 0 Å². The number of nitrogens with one attached hydrogen (secondary N) is 1. The molecule has 0 aromatic heterocycles. The fourth-order valence-corrected chi connectivity index (χ4v) is 3.85. The Bertz CT molecular complexity index is 620. The van der Waals surface area contributed by atoms with E-state index in [1.165, 1.54) is 48.4 Å². The first-order valence-corrected chi connectivity index (χ1v) is 8.20. The molecule has 21 heavy (non-hydrogen) atoms. The number of morpholine rings is 1. The number of rotatable bonds is 1. The van der Waals surface area contributed by atoms with Crippen LogP contribution in [0.1, 0.15) is 43.8 Å². The van der Waals surface area contributed by atoms with Gasteiger partial charge in [-0.3, -0.25) is 0 Å². The minimum absolute atomic E-state index is 0.196. The van der Waals surface area contributed by atoms with Gasteiger partial charge in [-0.05, 0) is 35.2 Å². The van der Waals surface area contributed by atoms with Gasteiger partial charge in [0.2, 0.25) is 0 Å². The third-order valence-corrected chi connectivity index (χ3v) is 5.18. The van der Waals surface area contributed by atoms with Crippen LogP contribution in [0.4, 0.5) is 0 Å². The summed E-state index contributed by atoms with van der Waals surface area (Å²) in [5, 5.41) is 6.41. The molecule has 2 aromatic carbocycles. The van der Waals surface area contributed by atoms with Gasteiger partial charge in [-0.1, -0.05) is 55.7 Å². The SMILES string of the molecule is c1ccc2cc(C3CNC4(CCCCC4)CO3)ccc2c1. The molecule has 1 unspecified atom stereocenters. The Morgan fingerprint density at radius 1 is 0.952 bits per heavy atom. The number of ether oxygens (including phenoxy) is 1. The quantitative estimate of drug-likeness (QED) is 0.845. The van der Waals surface area contributed by atoms with Crippen LogP contribution in [-0.4, -0.2) is 18.7 Å². The van der Waals surface area contributed by atoms with Crippen LogP contribution in [0.15, 0.2) is 42.5 Å². The van der Waals surface area contributed by atoms with Gasteiger partial charge in [0.25, 0.3) is 0 Å². The molecule has 1 aliphatic heterocycles. The van der Waals surface area contributed by atoms with E-state index in [1.807, 2.05) is 0 Å². The van der Waals surface area contributed by atoms with E-state index in [1.54, 1.807) is 0 Å². The molecule has 1 saturated heterocycles. The van der Waals surface area contributed by atoms with Crippen molar-refractivity contribution in [1.82, 2.24) is 5.32 Å². The van der Waals surface area contributed by atoms with Crippen LogP contribution in [-0.2, 0) is 4.74 Å². The summed E-state index contributed by atoms with van der Waals surface area (Å²) in [4.78, 5) is 0. The van der Waals surface area contributed by atoms with Crippen molar-refractivity contribution in [2.24, 2.45) is 0 Å². The van der Waals surface area contributed by atoms with Crippen molar-refractivity contribution in [2.45, 2.75) is 43.7 Å². The van der Waals surface area contributed by atoms with Crippen molar-refractivity contribution in [3.63, 3.8) is 0 Å². The van der Waals surface area contributed by atoms with Gasteiger partial charge in [0.15, 0.2) is 0 Å². The molecule has 2 aromatic rings. The van der Waals surface area contributed by atoms with Crippen LogP contribution >= 0.6 is 0 Å². The molecule has 1 heterocycles. The van der Waals surface area contributed by atoms with Crippen molar-refractivity contribution in [3.8, 4) is 0 Å². The highest BCUT2D eigenvalue weighted by molar-refractivity contribution is 5.83. The minimum atomic E-state index is 0.196. The normalized spacial score (nSPS) is 25.2. The van der Waals surface area contributed by atoms with Crippen LogP contribution in [0.25, 0.3) is 10.8 Å². The molecule has 0 bridgehead atoms. The first-order valence-electron chi connectivity index (χ1n) is 8.20. The van der Waals surface area contributed by atoms with Crippen LogP contribution in [0, 0.1) is 0 Å². The molecule has 2 fully saturated rings. The van der Waals surface area contributed by atoms with Crippen LogP contribution in [0.5, 0.6) is 0 Å². The van der Waals surface area contributed by atoms with Gasteiger partial charge in [-0.2, -0.15) is 0 Å². The topological polar surface area (TPSA) is 21.3 Å². The second-order valence-corrected chi connectivity index (χ2v) is 6.63. The lowest BCUT2D eigenvalue weighted by Crippen LogP contribution is -2.55. The molecular formula is C19H23NO. The zero-order valence-electron chi connectivity index (χ0n) is 12.5. The van der Waals surface area contributed by atoms with Gasteiger partial charge in [0, 0.05) is 12.1 Å². The molecule has 2 nitrogen and oxygen atoms in total. The monoisotopic (exact) mass is 281 g/mol. The zero-order chi connectivity index (χ0) is 14.1. The predicted octanol–water partition coefficient (Wildman–Crippen LogP) is 4.20. The highest BCUT2D eigenvalue weighted by Crippen LogP contribution is 2.34. The highest BCUT2D eigenvalue weighted by Gasteiger charge is 2.36. The van der Waals surface area contributed by atoms with Gasteiger partial charge in [-0.25, -0.2) is 0 Å². The van der Waals surface area contributed by atoms with Crippen molar-refractivity contribution < 1.29 is 4.74 Å². The number of benzene rings is 2. The maximum Gasteiger partial charge on any atom is 0.0950 e. The summed E-state index contributed by atoms with van der Waals surface area (Å²) in [6.07, 6.45) is 6.82. The lowest BCUT2D eigenvalue weighted by atomic mass is 9.81. The molecule has 4 rings (SSSR count). The molecule has 1 atom stereocenters. The van der Waals surface area contributed by atoms with Gasteiger partial charge in [0.05, 0.1) is 12.7 Å². The van der Waals surface area contributed by atoms with Gasteiger partial charge >= 0.3 is 0 Å². The van der Waals surface area contributed by atoms with Crippen molar-refractivity contribution in [1.29, 1.82) is 0 Å². The van der Waals surface area contributed by atoms with Gasteiger partial charge in [-0.15, -0.1) is 0 Å².